The van der Waals surface area contributed by atoms with E-state index in [1.54, 1.807) is 18.6 Å². The number of piperidine rings is 1. The van der Waals surface area contributed by atoms with Crippen molar-refractivity contribution in [2.45, 2.75) is 25.7 Å². The lowest BCUT2D eigenvalue weighted by Gasteiger charge is -2.43. The topological polar surface area (TPSA) is 71.5 Å². The molecule has 4 heterocycles. The number of carbonyl (C=O) groups is 1. The molecule has 148 valence electrons. The molecule has 0 saturated carbocycles. The molecule has 0 N–H and O–H groups in total. The fraction of sp³-hybridized carbons (Fsp3) is 0.524. The summed E-state index contributed by atoms with van der Waals surface area (Å²) in [6.07, 6.45) is 10.5. The Morgan fingerprint density at radius 3 is 2.86 bits per heavy atom. The van der Waals surface area contributed by atoms with Gasteiger partial charge in [0.1, 0.15) is 0 Å². The summed E-state index contributed by atoms with van der Waals surface area (Å²) in [4.78, 5) is 30.0. The molecule has 0 bridgehead atoms. The molecule has 1 spiro atoms. The molecule has 2 aliphatic heterocycles. The highest BCUT2D eigenvalue weighted by Gasteiger charge is 2.40. The van der Waals surface area contributed by atoms with Crippen molar-refractivity contribution in [1.82, 2.24) is 19.9 Å². The van der Waals surface area contributed by atoms with E-state index in [2.05, 4.69) is 19.9 Å². The second-order valence-electron chi connectivity index (χ2n) is 7.80. The Morgan fingerprint density at radius 2 is 2.04 bits per heavy atom. The van der Waals surface area contributed by atoms with E-state index in [4.69, 9.17) is 4.74 Å². The molecule has 7 nitrogen and oxygen atoms in total. The van der Waals surface area contributed by atoms with Gasteiger partial charge in [-0.3, -0.25) is 9.78 Å². The fourth-order valence-electron chi connectivity index (χ4n) is 4.24. The van der Waals surface area contributed by atoms with Crippen LogP contribution in [0.2, 0.25) is 0 Å². The lowest BCUT2D eigenvalue weighted by Crippen LogP contribution is -2.52. The average molecular weight is 381 g/mol. The zero-order chi connectivity index (χ0) is 19.2. The van der Waals surface area contributed by atoms with Crippen LogP contribution in [0.3, 0.4) is 0 Å². The minimum Gasteiger partial charge on any atom is -0.379 e. The van der Waals surface area contributed by atoms with Gasteiger partial charge in [-0.15, -0.1) is 0 Å². The summed E-state index contributed by atoms with van der Waals surface area (Å²) in [7, 11) is 0. The predicted molar refractivity (Wildman–Crippen MR) is 106 cm³/mol. The van der Waals surface area contributed by atoms with Crippen LogP contribution in [0.1, 0.15) is 24.8 Å². The number of pyridine rings is 1. The van der Waals surface area contributed by atoms with Crippen LogP contribution in [0.25, 0.3) is 0 Å². The van der Waals surface area contributed by atoms with E-state index in [1.807, 2.05) is 29.3 Å². The maximum atomic E-state index is 12.9. The molecule has 4 rings (SSSR count). The second kappa shape index (κ2) is 8.65. The molecule has 2 saturated heterocycles. The first-order valence-corrected chi connectivity index (χ1v) is 10.0. The second-order valence-corrected chi connectivity index (χ2v) is 7.80. The lowest BCUT2D eigenvalue weighted by molar-refractivity contribution is -0.135. The van der Waals surface area contributed by atoms with Crippen molar-refractivity contribution in [2.24, 2.45) is 5.41 Å². The Bertz CT molecular complexity index is 773. The molecule has 2 fully saturated rings. The van der Waals surface area contributed by atoms with Crippen LogP contribution in [0.15, 0.2) is 43.0 Å². The van der Waals surface area contributed by atoms with Gasteiger partial charge in [-0.1, -0.05) is 6.07 Å². The molecule has 2 aliphatic rings. The Morgan fingerprint density at radius 1 is 1.14 bits per heavy atom. The van der Waals surface area contributed by atoms with Crippen LogP contribution < -0.4 is 4.90 Å². The maximum Gasteiger partial charge on any atom is 0.225 e. The van der Waals surface area contributed by atoms with Gasteiger partial charge in [0, 0.05) is 62.8 Å². The predicted octanol–water partition coefficient (Wildman–Crippen LogP) is 1.95. The quantitative estimate of drug-likeness (QED) is 0.806. The molecule has 2 aromatic rings. The molecule has 0 unspecified atom stereocenters. The number of rotatable bonds is 4. The van der Waals surface area contributed by atoms with E-state index in [-0.39, 0.29) is 11.3 Å². The van der Waals surface area contributed by atoms with Gasteiger partial charge in [-0.05, 0) is 37.0 Å². The normalized spacial score (nSPS) is 22.9. The summed E-state index contributed by atoms with van der Waals surface area (Å²) >= 11 is 0. The monoisotopic (exact) mass is 381 g/mol. The molecular weight excluding hydrogens is 354 g/mol. The number of amides is 1. The smallest absolute Gasteiger partial charge is 0.225 e. The SMILES string of the molecule is O=C(CCc1cccnc1)N1CCC[C@]2(COCCN(c3ncccn3)C2)C1. The fourth-order valence-corrected chi connectivity index (χ4v) is 4.24. The van der Waals surface area contributed by atoms with Crippen molar-refractivity contribution in [1.29, 1.82) is 0 Å². The van der Waals surface area contributed by atoms with Gasteiger partial charge < -0.3 is 14.5 Å². The number of ether oxygens (including phenoxy) is 1. The van der Waals surface area contributed by atoms with Crippen LogP contribution in [0.4, 0.5) is 5.95 Å². The van der Waals surface area contributed by atoms with Gasteiger partial charge in [-0.2, -0.15) is 0 Å². The number of aromatic nitrogens is 3. The summed E-state index contributed by atoms with van der Waals surface area (Å²) < 4.78 is 5.95. The summed E-state index contributed by atoms with van der Waals surface area (Å²) in [5.74, 6) is 0.960. The zero-order valence-electron chi connectivity index (χ0n) is 16.2. The molecular formula is C21H27N5O2. The molecule has 1 amide bonds. The van der Waals surface area contributed by atoms with Gasteiger partial charge in [0.25, 0.3) is 0 Å². The third-order valence-electron chi connectivity index (χ3n) is 5.64. The molecule has 28 heavy (non-hydrogen) atoms. The van der Waals surface area contributed by atoms with Crippen molar-refractivity contribution in [3.8, 4) is 0 Å². The number of likely N-dealkylation sites (tertiary alicyclic amines) is 1. The molecule has 1 atom stereocenters. The van der Waals surface area contributed by atoms with Crippen molar-refractivity contribution >= 4 is 11.9 Å². The molecule has 7 heteroatoms. The average Bonchev–Trinajstić information content (AvgIpc) is 2.96. The third kappa shape index (κ3) is 4.47. The molecule has 2 aromatic heterocycles. The molecule has 0 aromatic carbocycles. The lowest BCUT2D eigenvalue weighted by atomic mass is 9.80. The van der Waals surface area contributed by atoms with Crippen LogP contribution >= 0.6 is 0 Å². The number of aryl methyl sites for hydroxylation is 1. The van der Waals surface area contributed by atoms with Crippen molar-refractivity contribution in [2.75, 3.05) is 44.3 Å². The standard InChI is InChI=1S/C21H27N5O2/c27-19(6-5-18-4-1-8-22-14-18)25-11-2-7-21(15-25)16-26(12-13-28-17-21)20-23-9-3-10-24-20/h1,3-4,8-10,14H,2,5-7,11-13,15-17H2/t21-/m0/s1. The van der Waals surface area contributed by atoms with Gasteiger partial charge in [0.05, 0.1) is 13.2 Å². The van der Waals surface area contributed by atoms with Gasteiger partial charge in [0.15, 0.2) is 0 Å². The number of nitrogens with zero attached hydrogens (tertiary/aromatic N) is 5. The Hall–Kier alpha value is -2.54. The van der Waals surface area contributed by atoms with E-state index in [0.717, 1.165) is 57.0 Å². The molecule has 0 radical (unpaired) electrons. The van der Waals surface area contributed by atoms with E-state index < -0.39 is 0 Å². The number of hydrogen-bond donors (Lipinski definition) is 0. The summed E-state index contributed by atoms with van der Waals surface area (Å²) in [5, 5.41) is 0. The van der Waals surface area contributed by atoms with Crippen LogP contribution in [0, 0.1) is 5.41 Å². The largest absolute Gasteiger partial charge is 0.379 e. The highest BCUT2D eigenvalue weighted by atomic mass is 16.5. The first-order valence-electron chi connectivity index (χ1n) is 10.0. The summed E-state index contributed by atoms with van der Waals surface area (Å²) in [5.41, 5.74) is 1.05. The first kappa shape index (κ1) is 18.8. The zero-order valence-corrected chi connectivity index (χ0v) is 16.2. The number of anilines is 1. The Kier molecular flexibility index (Phi) is 5.81. The van der Waals surface area contributed by atoms with Crippen LogP contribution in [-0.4, -0.2) is 65.2 Å². The van der Waals surface area contributed by atoms with Crippen molar-refractivity contribution in [3.63, 3.8) is 0 Å². The van der Waals surface area contributed by atoms with Crippen molar-refractivity contribution < 1.29 is 9.53 Å². The van der Waals surface area contributed by atoms with Gasteiger partial charge in [-0.25, -0.2) is 9.97 Å². The minimum atomic E-state index is -0.0576. The first-order chi connectivity index (χ1) is 13.7. The Labute approximate surface area is 165 Å². The van der Waals surface area contributed by atoms with E-state index in [9.17, 15) is 4.79 Å². The van der Waals surface area contributed by atoms with E-state index >= 15 is 0 Å². The minimum absolute atomic E-state index is 0.0576. The highest BCUT2D eigenvalue weighted by Crippen LogP contribution is 2.34. The third-order valence-corrected chi connectivity index (χ3v) is 5.64. The van der Waals surface area contributed by atoms with Crippen molar-refractivity contribution in [3.05, 3.63) is 48.5 Å². The van der Waals surface area contributed by atoms with Crippen LogP contribution in [-0.2, 0) is 16.0 Å². The Balaban J connectivity index is 1.41. The maximum absolute atomic E-state index is 12.9. The summed E-state index contributed by atoms with van der Waals surface area (Å²) in [6.45, 7) is 4.51. The van der Waals surface area contributed by atoms with Gasteiger partial charge >= 0.3 is 0 Å². The van der Waals surface area contributed by atoms with Gasteiger partial charge in [0.2, 0.25) is 11.9 Å². The number of carbonyl (C=O) groups excluding carboxylic acids is 1. The number of hydrogen-bond acceptors (Lipinski definition) is 6. The molecule has 0 aliphatic carbocycles. The van der Waals surface area contributed by atoms with Crippen LogP contribution in [0.5, 0.6) is 0 Å². The van der Waals surface area contributed by atoms with E-state index in [0.29, 0.717) is 19.6 Å². The van der Waals surface area contributed by atoms with E-state index in [1.165, 1.54) is 0 Å². The highest BCUT2D eigenvalue weighted by molar-refractivity contribution is 5.76. The summed E-state index contributed by atoms with van der Waals surface area (Å²) in [6, 6.07) is 5.77.